The first-order valence-corrected chi connectivity index (χ1v) is 12.4. The molecule has 2 aliphatic heterocycles. The summed E-state index contributed by atoms with van der Waals surface area (Å²) < 4.78 is 51.5. The number of ketones is 1. The van der Waals surface area contributed by atoms with Gasteiger partial charge >= 0.3 is 0 Å². The predicted octanol–water partition coefficient (Wildman–Crippen LogP) is 1.49. The summed E-state index contributed by atoms with van der Waals surface area (Å²) in [6, 6.07) is 7.25. The van der Waals surface area contributed by atoms with Gasteiger partial charge in [-0.2, -0.15) is 0 Å². The molecule has 29 heavy (non-hydrogen) atoms. The van der Waals surface area contributed by atoms with Gasteiger partial charge in [-0.05, 0) is 38.5 Å². The van der Waals surface area contributed by atoms with Crippen LogP contribution < -0.4 is 0 Å². The van der Waals surface area contributed by atoms with Crippen LogP contribution in [0.2, 0.25) is 0 Å². The van der Waals surface area contributed by atoms with E-state index in [1.54, 1.807) is 26.0 Å². The molecule has 10 heteroatoms. The summed E-state index contributed by atoms with van der Waals surface area (Å²) in [6.07, 6.45) is 0.473. The zero-order valence-corrected chi connectivity index (χ0v) is 17.6. The number of sulfonamides is 1. The summed E-state index contributed by atoms with van der Waals surface area (Å²) in [6.45, 7) is 2.89. The summed E-state index contributed by atoms with van der Waals surface area (Å²) in [5.74, 6) is -1.10. The summed E-state index contributed by atoms with van der Waals surface area (Å²) >= 11 is 0. The first-order valence-electron chi connectivity index (χ1n) is 9.11. The lowest BCUT2D eigenvalue weighted by Crippen LogP contribution is -2.35. The zero-order chi connectivity index (χ0) is 21.1. The lowest BCUT2D eigenvalue weighted by molar-refractivity contribution is 0.0820. The van der Waals surface area contributed by atoms with E-state index in [9.17, 15) is 26.4 Å². The van der Waals surface area contributed by atoms with E-state index in [-0.39, 0.29) is 28.0 Å². The zero-order valence-electron chi connectivity index (χ0n) is 16.0. The average Bonchev–Trinajstić information content (AvgIpc) is 3.22. The third-order valence-corrected chi connectivity index (χ3v) is 9.09. The van der Waals surface area contributed by atoms with Gasteiger partial charge in [-0.15, -0.1) is 0 Å². The number of carbonyl (C=O) groups excluding carboxylic acids is 2. The second kappa shape index (κ2) is 6.53. The van der Waals surface area contributed by atoms with Gasteiger partial charge in [0, 0.05) is 23.0 Å². The van der Waals surface area contributed by atoms with E-state index in [2.05, 4.69) is 0 Å². The van der Waals surface area contributed by atoms with Gasteiger partial charge in [-0.1, -0.05) is 12.1 Å². The predicted molar refractivity (Wildman–Crippen MR) is 105 cm³/mol. The highest BCUT2D eigenvalue weighted by Gasteiger charge is 2.42. The molecule has 1 saturated heterocycles. The molecule has 0 bridgehead atoms. The van der Waals surface area contributed by atoms with E-state index in [0.29, 0.717) is 22.0 Å². The summed E-state index contributed by atoms with van der Waals surface area (Å²) in [7, 11) is -7.17. The molecule has 1 aromatic carbocycles. The van der Waals surface area contributed by atoms with Crippen LogP contribution in [0.15, 0.2) is 35.2 Å². The number of aromatic nitrogens is 1. The SMILES string of the molecule is Cc1cc(C(=O)CN2C(=O)c3ccccc3S2(=O)=O)c(C)n1[C@@H]1CCS(=O)(=O)C1. The molecule has 0 unspecified atom stereocenters. The van der Waals surface area contributed by atoms with Crippen molar-refractivity contribution in [2.24, 2.45) is 0 Å². The lowest BCUT2D eigenvalue weighted by Gasteiger charge is -2.17. The van der Waals surface area contributed by atoms with Crippen molar-refractivity contribution in [3.63, 3.8) is 0 Å². The van der Waals surface area contributed by atoms with E-state index >= 15 is 0 Å². The second-order valence-electron chi connectivity index (χ2n) is 7.45. The van der Waals surface area contributed by atoms with Crippen LogP contribution in [0.4, 0.5) is 0 Å². The van der Waals surface area contributed by atoms with Gasteiger partial charge in [0.2, 0.25) is 0 Å². The molecular formula is C19H20N2O6S2. The highest BCUT2D eigenvalue weighted by Crippen LogP contribution is 2.32. The van der Waals surface area contributed by atoms with E-state index in [0.717, 1.165) is 5.69 Å². The molecule has 1 aromatic heterocycles. The number of rotatable bonds is 4. The van der Waals surface area contributed by atoms with Crippen LogP contribution >= 0.6 is 0 Å². The Morgan fingerprint density at radius 2 is 1.83 bits per heavy atom. The first-order chi connectivity index (χ1) is 13.5. The normalized spacial score (nSPS) is 22.1. The first kappa shape index (κ1) is 19.8. The molecular weight excluding hydrogens is 416 g/mol. The fraction of sp³-hybridized carbons (Fsp3) is 0.368. The smallest absolute Gasteiger partial charge is 0.269 e. The molecule has 4 rings (SSSR count). The monoisotopic (exact) mass is 436 g/mol. The molecule has 154 valence electrons. The number of amides is 1. The van der Waals surface area contributed by atoms with Gasteiger partial charge < -0.3 is 4.57 Å². The van der Waals surface area contributed by atoms with Gasteiger partial charge in [-0.3, -0.25) is 9.59 Å². The molecule has 3 heterocycles. The van der Waals surface area contributed by atoms with Crippen LogP contribution in [0.25, 0.3) is 0 Å². The van der Waals surface area contributed by atoms with E-state index < -0.39 is 38.1 Å². The number of hydrogen-bond donors (Lipinski definition) is 0. The van der Waals surface area contributed by atoms with E-state index in [4.69, 9.17) is 0 Å². The maximum absolute atomic E-state index is 12.9. The Morgan fingerprint density at radius 1 is 1.14 bits per heavy atom. The Hall–Kier alpha value is -2.46. The number of Topliss-reactive ketones (excluding diaryl/α,β-unsaturated/α-hetero) is 1. The third-order valence-electron chi connectivity index (χ3n) is 5.56. The largest absolute Gasteiger partial charge is 0.344 e. The molecule has 2 aromatic rings. The second-order valence-corrected chi connectivity index (χ2v) is 11.5. The van der Waals surface area contributed by atoms with Crippen molar-refractivity contribution < 1.29 is 26.4 Å². The maximum Gasteiger partial charge on any atom is 0.269 e. The summed E-state index contributed by atoms with van der Waals surface area (Å²) in [4.78, 5) is 25.4. The fourth-order valence-corrected chi connectivity index (χ4v) is 7.43. The van der Waals surface area contributed by atoms with Crippen molar-refractivity contribution in [3.8, 4) is 0 Å². The van der Waals surface area contributed by atoms with Crippen molar-refractivity contribution >= 4 is 31.6 Å². The summed E-state index contributed by atoms with van der Waals surface area (Å²) in [5.41, 5.74) is 1.66. The molecule has 0 saturated carbocycles. The van der Waals surface area contributed by atoms with Crippen LogP contribution in [0.1, 0.15) is 44.6 Å². The Bertz CT molecular complexity index is 1260. The minimum atomic E-state index is -4.07. The average molecular weight is 437 g/mol. The molecule has 1 atom stereocenters. The molecule has 0 radical (unpaired) electrons. The Kier molecular flexibility index (Phi) is 4.47. The molecule has 0 spiro atoms. The van der Waals surface area contributed by atoms with Crippen LogP contribution in [0.5, 0.6) is 0 Å². The van der Waals surface area contributed by atoms with Crippen molar-refractivity contribution in [3.05, 3.63) is 52.8 Å². The minimum absolute atomic E-state index is 0.0191. The number of hydrogen-bond acceptors (Lipinski definition) is 6. The van der Waals surface area contributed by atoms with Crippen LogP contribution in [-0.4, -0.2) is 55.4 Å². The van der Waals surface area contributed by atoms with Crippen LogP contribution in [0.3, 0.4) is 0 Å². The molecule has 1 fully saturated rings. The van der Waals surface area contributed by atoms with Gasteiger partial charge in [-0.25, -0.2) is 21.1 Å². The Labute approximate surface area is 169 Å². The highest BCUT2D eigenvalue weighted by atomic mass is 32.2. The van der Waals surface area contributed by atoms with E-state index in [1.165, 1.54) is 18.2 Å². The fourth-order valence-electron chi connectivity index (χ4n) is 4.20. The number of carbonyl (C=O) groups is 2. The standard InChI is InChI=1S/C19H20N2O6S2/c1-12-9-16(13(2)21(12)14-7-8-28(24,25)11-14)17(22)10-20-19(23)15-5-3-4-6-18(15)29(20,26)27/h3-6,9,14H,7-8,10-11H2,1-2H3/t14-/m1/s1. The number of benzene rings is 1. The van der Waals surface area contributed by atoms with Gasteiger partial charge in [0.1, 0.15) is 11.4 Å². The topological polar surface area (TPSA) is 111 Å². The third kappa shape index (κ3) is 3.10. The maximum atomic E-state index is 12.9. The molecule has 1 amide bonds. The summed E-state index contributed by atoms with van der Waals surface area (Å²) in [5, 5.41) is 0. The molecule has 8 nitrogen and oxygen atoms in total. The molecule has 0 N–H and O–H groups in total. The van der Waals surface area contributed by atoms with Crippen molar-refractivity contribution in [1.82, 2.24) is 8.87 Å². The van der Waals surface area contributed by atoms with Crippen molar-refractivity contribution in [2.75, 3.05) is 18.1 Å². The lowest BCUT2D eigenvalue weighted by atomic mass is 10.1. The van der Waals surface area contributed by atoms with Gasteiger partial charge in [0.05, 0.1) is 17.1 Å². The molecule has 2 aliphatic rings. The van der Waals surface area contributed by atoms with Crippen LogP contribution in [0, 0.1) is 13.8 Å². The molecule has 0 aliphatic carbocycles. The van der Waals surface area contributed by atoms with Crippen LogP contribution in [-0.2, 0) is 19.9 Å². The van der Waals surface area contributed by atoms with E-state index in [1.807, 2.05) is 4.57 Å². The number of nitrogens with zero attached hydrogens (tertiary/aromatic N) is 2. The van der Waals surface area contributed by atoms with Gasteiger partial charge in [0.15, 0.2) is 15.6 Å². The van der Waals surface area contributed by atoms with Gasteiger partial charge in [0.25, 0.3) is 15.9 Å². The Balaban J connectivity index is 1.64. The minimum Gasteiger partial charge on any atom is -0.344 e. The highest BCUT2D eigenvalue weighted by molar-refractivity contribution is 7.91. The number of sulfone groups is 1. The Morgan fingerprint density at radius 3 is 2.45 bits per heavy atom. The number of fused-ring (bicyclic) bond motifs is 1. The van der Waals surface area contributed by atoms with Crippen molar-refractivity contribution in [2.45, 2.75) is 31.2 Å². The van der Waals surface area contributed by atoms with Crippen molar-refractivity contribution in [1.29, 1.82) is 0 Å². The number of aryl methyl sites for hydroxylation is 1. The quantitative estimate of drug-likeness (QED) is 0.672.